The van der Waals surface area contributed by atoms with Crippen molar-refractivity contribution in [3.63, 3.8) is 0 Å². The van der Waals surface area contributed by atoms with Crippen LogP contribution < -0.4 is 0 Å². The van der Waals surface area contributed by atoms with E-state index in [1.54, 1.807) is 0 Å². The lowest BCUT2D eigenvalue weighted by Gasteiger charge is -2.06. The number of hydrogen-bond acceptors (Lipinski definition) is 3. The maximum Gasteiger partial charge on any atom is 0.142 e. The van der Waals surface area contributed by atoms with Crippen LogP contribution in [0.25, 0.3) is 5.69 Å². The molecule has 132 valence electrons. The number of benzene rings is 3. The summed E-state index contributed by atoms with van der Waals surface area (Å²) in [6, 6.07) is 30.0. The zero-order valence-electron chi connectivity index (χ0n) is 14.8. The average molecular weight is 353 g/mol. The molecule has 1 aromatic heterocycles. The van der Waals surface area contributed by atoms with Crippen molar-refractivity contribution in [2.75, 3.05) is 0 Å². The second-order valence-corrected chi connectivity index (χ2v) is 6.07. The number of aromatic nitrogens is 2. The molecule has 3 aromatic carbocycles. The number of oxime groups is 1. The molecule has 4 rings (SSSR count). The fourth-order valence-electron chi connectivity index (χ4n) is 2.78. The Balaban J connectivity index is 1.63. The normalized spacial score (nSPS) is 11.3. The monoisotopic (exact) mass is 353 g/mol. The van der Waals surface area contributed by atoms with Crippen LogP contribution in [0.1, 0.15) is 16.7 Å². The summed E-state index contributed by atoms with van der Waals surface area (Å²) in [6.45, 7) is 0.421. The van der Waals surface area contributed by atoms with Crippen molar-refractivity contribution in [1.82, 2.24) is 9.78 Å². The molecule has 27 heavy (non-hydrogen) atoms. The summed E-state index contributed by atoms with van der Waals surface area (Å²) in [6.07, 6.45) is 3.78. The first-order valence-corrected chi connectivity index (χ1v) is 8.80. The number of hydrogen-bond donors (Lipinski definition) is 0. The van der Waals surface area contributed by atoms with E-state index in [2.05, 4.69) is 10.3 Å². The molecule has 0 bridgehead atoms. The third-order valence-corrected chi connectivity index (χ3v) is 4.15. The average Bonchev–Trinajstić information content (AvgIpc) is 3.23. The second-order valence-electron chi connectivity index (χ2n) is 6.07. The molecule has 0 N–H and O–H groups in total. The number of para-hydroxylation sites is 1. The molecule has 0 atom stereocenters. The summed E-state index contributed by atoms with van der Waals surface area (Å²) in [7, 11) is 0. The number of rotatable bonds is 6. The lowest BCUT2D eigenvalue weighted by Crippen LogP contribution is -2.04. The Labute approximate surface area is 158 Å². The summed E-state index contributed by atoms with van der Waals surface area (Å²) < 4.78 is 1.84. The molecular weight excluding hydrogens is 334 g/mol. The first kappa shape index (κ1) is 16.8. The van der Waals surface area contributed by atoms with E-state index in [0.29, 0.717) is 6.61 Å². The zero-order valence-corrected chi connectivity index (χ0v) is 14.8. The maximum atomic E-state index is 5.66. The van der Waals surface area contributed by atoms with Crippen molar-refractivity contribution < 1.29 is 4.84 Å². The van der Waals surface area contributed by atoms with E-state index in [1.807, 2.05) is 108 Å². The smallest absolute Gasteiger partial charge is 0.142 e. The molecule has 0 aliphatic carbocycles. The topological polar surface area (TPSA) is 39.4 Å². The van der Waals surface area contributed by atoms with Gasteiger partial charge >= 0.3 is 0 Å². The highest BCUT2D eigenvalue weighted by Crippen LogP contribution is 2.14. The highest BCUT2D eigenvalue weighted by molar-refractivity contribution is 6.12. The van der Waals surface area contributed by atoms with Gasteiger partial charge < -0.3 is 4.84 Å². The molecule has 0 fully saturated rings. The molecule has 4 aromatic rings. The van der Waals surface area contributed by atoms with Crippen molar-refractivity contribution in [2.24, 2.45) is 5.16 Å². The largest absolute Gasteiger partial charge is 0.390 e. The Morgan fingerprint density at radius 1 is 0.778 bits per heavy atom. The SMILES string of the molecule is c1ccc(CO/N=C(\c2ccccc2)c2cnn(-c3ccccc3)c2)cc1. The minimum atomic E-state index is 0.421. The van der Waals surface area contributed by atoms with Crippen LogP contribution >= 0.6 is 0 Å². The Bertz CT molecular complexity index is 1010. The fourth-order valence-corrected chi connectivity index (χ4v) is 2.78. The van der Waals surface area contributed by atoms with Gasteiger partial charge in [0, 0.05) is 17.3 Å². The van der Waals surface area contributed by atoms with Crippen LogP contribution in [-0.2, 0) is 11.4 Å². The molecule has 0 radical (unpaired) electrons. The third-order valence-electron chi connectivity index (χ3n) is 4.15. The second kappa shape index (κ2) is 8.15. The summed E-state index contributed by atoms with van der Waals surface area (Å²) in [5.74, 6) is 0. The van der Waals surface area contributed by atoms with E-state index in [1.165, 1.54) is 0 Å². The minimum absolute atomic E-state index is 0.421. The first-order chi connectivity index (χ1) is 13.4. The van der Waals surface area contributed by atoms with Gasteiger partial charge in [0.15, 0.2) is 0 Å². The number of nitrogens with zero attached hydrogens (tertiary/aromatic N) is 3. The minimum Gasteiger partial charge on any atom is -0.390 e. The van der Waals surface area contributed by atoms with Crippen LogP contribution in [0.5, 0.6) is 0 Å². The maximum absolute atomic E-state index is 5.66. The van der Waals surface area contributed by atoms with Crippen molar-refractivity contribution in [3.8, 4) is 5.69 Å². The predicted molar refractivity (Wildman–Crippen MR) is 107 cm³/mol. The Morgan fingerprint density at radius 2 is 1.41 bits per heavy atom. The fraction of sp³-hybridized carbons (Fsp3) is 0.0435. The van der Waals surface area contributed by atoms with Crippen molar-refractivity contribution in [3.05, 3.63) is 120 Å². The molecule has 0 aliphatic rings. The van der Waals surface area contributed by atoms with Gasteiger partial charge in [-0.3, -0.25) is 0 Å². The highest BCUT2D eigenvalue weighted by Gasteiger charge is 2.11. The molecule has 0 saturated heterocycles. The predicted octanol–water partition coefficient (Wildman–Crippen LogP) is 4.84. The van der Waals surface area contributed by atoms with Crippen LogP contribution in [-0.4, -0.2) is 15.5 Å². The van der Waals surface area contributed by atoms with E-state index in [9.17, 15) is 0 Å². The Hall–Kier alpha value is -3.66. The summed E-state index contributed by atoms with van der Waals surface area (Å²) in [5, 5.41) is 8.91. The lowest BCUT2D eigenvalue weighted by molar-refractivity contribution is 0.131. The molecule has 0 amide bonds. The Morgan fingerprint density at radius 3 is 2.11 bits per heavy atom. The standard InChI is InChI=1S/C23H19N3O/c1-4-10-19(11-5-1)18-27-25-23(20-12-6-2-7-13-20)21-16-24-26(17-21)22-14-8-3-9-15-22/h1-17H,18H2/b25-23+. The summed E-state index contributed by atoms with van der Waals surface area (Å²) in [5.41, 5.74) is 4.72. The van der Waals surface area contributed by atoms with Gasteiger partial charge in [-0.15, -0.1) is 0 Å². The molecule has 1 heterocycles. The lowest BCUT2D eigenvalue weighted by atomic mass is 10.1. The van der Waals surface area contributed by atoms with Crippen LogP contribution in [0.4, 0.5) is 0 Å². The zero-order chi connectivity index (χ0) is 18.3. The third kappa shape index (κ3) is 4.12. The van der Waals surface area contributed by atoms with Crippen LogP contribution in [0.15, 0.2) is 109 Å². The Kier molecular flexibility index (Phi) is 5.07. The van der Waals surface area contributed by atoms with E-state index >= 15 is 0 Å². The van der Waals surface area contributed by atoms with Crippen molar-refractivity contribution in [1.29, 1.82) is 0 Å². The summed E-state index contributed by atoms with van der Waals surface area (Å²) in [4.78, 5) is 5.66. The quantitative estimate of drug-likeness (QED) is 0.367. The van der Waals surface area contributed by atoms with E-state index in [4.69, 9.17) is 4.84 Å². The highest BCUT2D eigenvalue weighted by atomic mass is 16.6. The van der Waals surface area contributed by atoms with Gasteiger partial charge in [-0.25, -0.2) is 4.68 Å². The van der Waals surface area contributed by atoms with Gasteiger partial charge in [0.1, 0.15) is 12.3 Å². The molecule has 0 aliphatic heterocycles. The molecule has 0 unspecified atom stereocenters. The van der Waals surface area contributed by atoms with E-state index in [-0.39, 0.29) is 0 Å². The van der Waals surface area contributed by atoms with Crippen LogP contribution in [0, 0.1) is 0 Å². The van der Waals surface area contributed by atoms with Gasteiger partial charge in [0.05, 0.1) is 11.9 Å². The van der Waals surface area contributed by atoms with Crippen molar-refractivity contribution in [2.45, 2.75) is 6.61 Å². The first-order valence-electron chi connectivity index (χ1n) is 8.80. The molecule has 4 heteroatoms. The van der Waals surface area contributed by atoms with E-state index in [0.717, 1.165) is 28.1 Å². The summed E-state index contributed by atoms with van der Waals surface area (Å²) >= 11 is 0. The molecule has 4 nitrogen and oxygen atoms in total. The molecule has 0 spiro atoms. The van der Waals surface area contributed by atoms with Gasteiger partial charge in [0.2, 0.25) is 0 Å². The van der Waals surface area contributed by atoms with E-state index < -0.39 is 0 Å². The van der Waals surface area contributed by atoms with Gasteiger partial charge in [0.25, 0.3) is 0 Å². The van der Waals surface area contributed by atoms with Crippen LogP contribution in [0.3, 0.4) is 0 Å². The van der Waals surface area contributed by atoms with Gasteiger partial charge in [-0.2, -0.15) is 5.10 Å². The molecule has 0 saturated carbocycles. The van der Waals surface area contributed by atoms with Crippen LogP contribution in [0.2, 0.25) is 0 Å². The van der Waals surface area contributed by atoms with Gasteiger partial charge in [-0.05, 0) is 17.7 Å². The van der Waals surface area contributed by atoms with Gasteiger partial charge in [-0.1, -0.05) is 84.0 Å². The molecular formula is C23H19N3O. The van der Waals surface area contributed by atoms with Crippen molar-refractivity contribution >= 4 is 5.71 Å².